The molecule has 1 aliphatic heterocycles. The fourth-order valence-corrected chi connectivity index (χ4v) is 4.48. The molecule has 1 saturated heterocycles. The van der Waals surface area contributed by atoms with Crippen LogP contribution in [0.5, 0.6) is 0 Å². The molecule has 2 aromatic heterocycles. The first-order valence-corrected chi connectivity index (χ1v) is 11.0. The standard InChI is InChI=1S/C24H28FN5O3/c1-28(23(31)16-33-2)21(14-17-4-6-19(25)7-5-17)18-8-12-29(13-9-18)24(32)20-15-22-26-10-3-11-30(22)27-20/h3-7,10-11,15,18,21H,8-9,12-14,16H2,1-2H3/t21-/m0/s1. The number of fused-ring (bicyclic) bond motifs is 1. The number of rotatable bonds is 7. The van der Waals surface area contributed by atoms with Gasteiger partial charge in [0, 0.05) is 51.7 Å². The van der Waals surface area contributed by atoms with Crippen molar-refractivity contribution < 1.29 is 18.7 Å². The number of carbonyl (C=O) groups excluding carboxylic acids is 2. The molecule has 0 N–H and O–H groups in total. The molecule has 0 saturated carbocycles. The fraction of sp³-hybridized carbons (Fsp3) is 0.417. The molecule has 1 fully saturated rings. The Morgan fingerprint density at radius 3 is 2.64 bits per heavy atom. The minimum absolute atomic E-state index is 0.00959. The van der Waals surface area contributed by atoms with Crippen molar-refractivity contribution in [2.75, 3.05) is 33.9 Å². The second-order valence-corrected chi connectivity index (χ2v) is 8.42. The van der Waals surface area contributed by atoms with Crippen molar-refractivity contribution in [1.82, 2.24) is 24.4 Å². The molecule has 0 bridgehead atoms. The highest BCUT2D eigenvalue weighted by atomic mass is 19.1. The van der Waals surface area contributed by atoms with Crippen LogP contribution in [-0.4, -0.2) is 76.1 Å². The van der Waals surface area contributed by atoms with Crippen molar-refractivity contribution >= 4 is 17.5 Å². The van der Waals surface area contributed by atoms with E-state index in [1.807, 2.05) is 4.90 Å². The average molecular weight is 454 g/mol. The lowest BCUT2D eigenvalue weighted by molar-refractivity contribution is -0.137. The average Bonchev–Trinajstić information content (AvgIpc) is 3.27. The molecule has 2 amide bonds. The van der Waals surface area contributed by atoms with Gasteiger partial charge in [0.25, 0.3) is 5.91 Å². The number of nitrogens with zero attached hydrogens (tertiary/aromatic N) is 5. The van der Waals surface area contributed by atoms with Crippen LogP contribution < -0.4 is 0 Å². The van der Waals surface area contributed by atoms with Crippen LogP contribution in [-0.2, 0) is 16.0 Å². The summed E-state index contributed by atoms with van der Waals surface area (Å²) in [5.41, 5.74) is 1.98. The second kappa shape index (κ2) is 10.1. The number of hydrogen-bond donors (Lipinski definition) is 0. The largest absolute Gasteiger partial charge is 0.375 e. The third-order valence-corrected chi connectivity index (χ3v) is 6.34. The van der Waals surface area contributed by atoms with E-state index in [0.29, 0.717) is 30.9 Å². The Morgan fingerprint density at radius 2 is 1.97 bits per heavy atom. The lowest BCUT2D eigenvalue weighted by Crippen LogP contribution is -2.49. The van der Waals surface area contributed by atoms with Crippen molar-refractivity contribution in [3.8, 4) is 0 Å². The minimum atomic E-state index is -0.284. The van der Waals surface area contributed by atoms with Gasteiger partial charge in [0.05, 0.1) is 0 Å². The van der Waals surface area contributed by atoms with E-state index in [0.717, 1.165) is 18.4 Å². The van der Waals surface area contributed by atoms with Gasteiger partial charge in [0.15, 0.2) is 11.3 Å². The molecule has 3 aromatic rings. The molecule has 0 unspecified atom stereocenters. The monoisotopic (exact) mass is 453 g/mol. The molecule has 33 heavy (non-hydrogen) atoms. The number of amides is 2. The van der Waals surface area contributed by atoms with E-state index in [-0.39, 0.29) is 36.2 Å². The Labute approximate surface area is 192 Å². The van der Waals surface area contributed by atoms with Gasteiger partial charge in [-0.05, 0) is 48.9 Å². The van der Waals surface area contributed by atoms with Gasteiger partial charge in [0.2, 0.25) is 5.91 Å². The summed E-state index contributed by atoms with van der Waals surface area (Å²) in [5, 5.41) is 4.34. The fourth-order valence-electron chi connectivity index (χ4n) is 4.48. The van der Waals surface area contributed by atoms with Crippen molar-refractivity contribution in [1.29, 1.82) is 0 Å². The molecule has 1 atom stereocenters. The molecule has 9 heteroatoms. The highest BCUT2D eigenvalue weighted by molar-refractivity contribution is 5.93. The van der Waals surface area contributed by atoms with Crippen molar-refractivity contribution in [3.63, 3.8) is 0 Å². The molecular formula is C24H28FN5O3. The molecule has 4 rings (SSSR count). The summed E-state index contributed by atoms with van der Waals surface area (Å²) in [6.07, 6.45) is 5.56. The molecule has 1 aliphatic rings. The zero-order valence-electron chi connectivity index (χ0n) is 18.9. The lowest BCUT2D eigenvalue weighted by atomic mass is 9.85. The van der Waals surface area contributed by atoms with Crippen LogP contribution in [0, 0.1) is 11.7 Å². The van der Waals surface area contributed by atoms with Gasteiger partial charge in [-0.15, -0.1) is 0 Å². The third-order valence-electron chi connectivity index (χ3n) is 6.34. The van der Waals surface area contributed by atoms with Crippen molar-refractivity contribution in [2.24, 2.45) is 5.92 Å². The third kappa shape index (κ3) is 5.19. The van der Waals surface area contributed by atoms with Gasteiger partial charge >= 0.3 is 0 Å². The first-order valence-electron chi connectivity index (χ1n) is 11.0. The zero-order valence-corrected chi connectivity index (χ0v) is 18.9. The van der Waals surface area contributed by atoms with Crippen LogP contribution in [0.15, 0.2) is 48.8 Å². The number of piperidine rings is 1. The molecule has 8 nitrogen and oxygen atoms in total. The van der Waals surface area contributed by atoms with Crippen LogP contribution in [0.1, 0.15) is 28.9 Å². The summed E-state index contributed by atoms with van der Waals surface area (Å²) in [5.74, 6) is -0.293. The summed E-state index contributed by atoms with van der Waals surface area (Å²) in [6.45, 7) is 1.17. The van der Waals surface area contributed by atoms with E-state index in [2.05, 4.69) is 10.1 Å². The van der Waals surface area contributed by atoms with Gasteiger partial charge in [-0.3, -0.25) is 9.59 Å². The maximum Gasteiger partial charge on any atom is 0.274 e. The molecule has 3 heterocycles. The van der Waals surface area contributed by atoms with Gasteiger partial charge in [-0.2, -0.15) is 5.10 Å². The molecule has 1 aromatic carbocycles. The van der Waals surface area contributed by atoms with Crippen molar-refractivity contribution in [3.05, 3.63) is 65.9 Å². The topological polar surface area (TPSA) is 80.0 Å². The van der Waals surface area contributed by atoms with E-state index < -0.39 is 0 Å². The van der Waals surface area contributed by atoms with E-state index in [9.17, 15) is 14.0 Å². The second-order valence-electron chi connectivity index (χ2n) is 8.42. The maximum absolute atomic E-state index is 13.4. The van der Waals surface area contributed by atoms with Crippen LogP contribution in [0.3, 0.4) is 0 Å². The highest BCUT2D eigenvalue weighted by Crippen LogP contribution is 2.27. The number of aromatic nitrogens is 3. The predicted octanol–water partition coefficient (Wildman–Crippen LogP) is 2.44. The number of benzene rings is 1. The number of methoxy groups -OCH3 is 1. The summed E-state index contributed by atoms with van der Waals surface area (Å²) in [4.78, 5) is 33.3. The van der Waals surface area contributed by atoms with Gasteiger partial charge < -0.3 is 14.5 Å². The lowest BCUT2D eigenvalue weighted by Gasteiger charge is -2.40. The summed E-state index contributed by atoms with van der Waals surface area (Å²) < 4.78 is 20.0. The Morgan fingerprint density at radius 1 is 1.24 bits per heavy atom. The minimum Gasteiger partial charge on any atom is -0.375 e. The van der Waals surface area contributed by atoms with E-state index >= 15 is 0 Å². The zero-order chi connectivity index (χ0) is 23.4. The Kier molecular flexibility index (Phi) is 6.98. The SMILES string of the molecule is COCC(=O)N(C)[C@@H](Cc1ccc(F)cc1)C1CCN(C(=O)c2cc3ncccn3n2)CC1. The first-order chi connectivity index (χ1) is 16.0. The van der Waals surface area contributed by atoms with Crippen LogP contribution in [0.4, 0.5) is 4.39 Å². The molecule has 0 radical (unpaired) electrons. The Bertz CT molecular complexity index is 1080. The summed E-state index contributed by atoms with van der Waals surface area (Å²) in [7, 11) is 3.29. The maximum atomic E-state index is 13.4. The van der Waals surface area contributed by atoms with Gasteiger partial charge in [-0.25, -0.2) is 13.9 Å². The Hall–Kier alpha value is -3.33. The summed E-state index contributed by atoms with van der Waals surface area (Å²) >= 11 is 0. The van der Waals surface area contributed by atoms with Gasteiger partial charge in [0.1, 0.15) is 12.4 Å². The number of halogens is 1. The quantitative estimate of drug-likeness (QED) is 0.549. The number of hydrogen-bond acceptors (Lipinski definition) is 5. The van der Waals surface area contributed by atoms with Crippen LogP contribution in [0.25, 0.3) is 5.65 Å². The van der Waals surface area contributed by atoms with Crippen LogP contribution in [0.2, 0.25) is 0 Å². The first kappa shape index (κ1) is 22.8. The van der Waals surface area contributed by atoms with Crippen molar-refractivity contribution in [2.45, 2.75) is 25.3 Å². The highest BCUT2D eigenvalue weighted by Gasteiger charge is 2.33. The number of carbonyl (C=O) groups is 2. The smallest absolute Gasteiger partial charge is 0.274 e. The molecular weight excluding hydrogens is 425 g/mol. The number of ether oxygens (including phenoxy) is 1. The normalized spacial score (nSPS) is 15.5. The van der Waals surface area contributed by atoms with Crippen LogP contribution >= 0.6 is 0 Å². The predicted molar refractivity (Wildman–Crippen MR) is 120 cm³/mol. The van der Waals surface area contributed by atoms with E-state index in [4.69, 9.17) is 4.74 Å². The molecule has 0 aliphatic carbocycles. The summed E-state index contributed by atoms with van der Waals surface area (Å²) in [6, 6.07) is 9.78. The number of likely N-dealkylation sites (tertiary alicyclic amines) is 1. The number of likely N-dealkylation sites (N-methyl/N-ethyl adjacent to an activating group) is 1. The molecule has 174 valence electrons. The van der Waals surface area contributed by atoms with E-state index in [1.54, 1.807) is 53.1 Å². The molecule has 0 spiro atoms. The van der Waals surface area contributed by atoms with Gasteiger partial charge in [-0.1, -0.05) is 12.1 Å². The Balaban J connectivity index is 1.45. The van der Waals surface area contributed by atoms with E-state index in [1.165, 1.54) is 19.2 Å².